The first-order chi connectivity index (χ1) is 10.1. The number of primary amides is 1. The second-order valence-corrected chi connectivity index (χ2v) is 5.63. The molecule has 0 spiro atoms. The lowest BCUT2D eigenvalue weighted by Crippen LogP contribution is -2.52. The van der Waals surface area contributed by atoms with Crippen LogP contribution < -0.4 is 21.1 Å². The molecule has 1 heterocycles. The molecule has 3 atom stereocenters. The maximum atomic E-state index is 12.8. The summed E-state index contributed by atoms with van der Waals surface area (Å²) in [5, 5.41) is 0. The molecule has 1 aliphatic heterocycles. The molecule has 21 heavy (non-hydrogen) atoms. The van der Waals surface area contributed by atoms with Gasteiger partial charge in [0.2, 0.25) is 5.91 Å². The summed E-state index contributed by atoms with van der Waals surface area (Å²) >= 11 is 0. The van der Waals surface area contributed by atoms with Crippen LogP contribution in [0.5, 0.6) is 5.75 Å². The number of anilines is 1. The molecule has 112 valence electrons. The van der Waals surface area contributed by atoms with Crippen molar-refractivity contribution in [3.8, 4) is 5.75 Å². The standard InChI is InChI=1S/C15H19N3O3/c16-10-5-3-4-9(10)15(20)18-8-13(14(17)19)21-12-7-2-1-6-11(12)18/h1-2,6-7,9-10,13H,3-5,8,16H2,(H2,17,19). The van der Waals surface area contributed by atoms with Gasteiger partial charge >= 0.3 is 0 Å². The zero-order chi connectivity index (χ0) is 15.0. The molecule has 6 heteroatoms. The Balaban J connectivity index is 1.92. The lowest BCUT2D eigenvalue weighted by atomic mass is 10.0. The summed E-state index contributed by atoms with van der Waals surface area (Å²) in [6.07, 6.45) is 1.80. The molecule has 3 rings (SSSR count). The number of fused-ring (bicyclic) bond motifs is 1. The number of para-hydroxylation sites is 2. The topological polar surface area (TPSA) is 98.7 Å². The van der Waals surface area contributed by atoms with Gasteiger partial charge in [0.05, 0.1) is 18.2 Å². The Kier molecular flexibility index (Phi) is 3.55. The molecular weight excluding hydrogens is 270 g/mol. The molecule has 1 saturated carbocycles. The van der Waals surface area contributed by atoms with Crippen LogP contribution in [0.3, 0.4) is 0 Å². The molecule has 4 N–H and O–H groups in total. The number of carbonyl (C=O) groups excluding carboxylic acids is 2. The van der Waals surface area contributed by atoms with Crippen LogP contribution in [0.2, 0.25) is 0 Å². The number of nitrogens with two attached hydrogens (primary N) is 2. The van der Waals surface area contributed by atoms with E-state index in [1.165, 1.54) is 0 Å². The summed E-state index contributed by atoms with van der Waals surface area (Å²) in [6.45, 7) is 0.147. The Bertz CT molecular complexity index is 575. The molecule has 1 aliphatic carbocycles. The van der Waals surface area contributed by atoms with Gasteiger partial charge in [0.1, 0.15) is 5.75 Å². The van der Waals surface area contributed by atoms with Crippen molar-refractivity contribution in [2.24, 2.45) is 17.4 Å². The van der Waals surface area contributed by atoms with Gasteiger partial charge in [-0.3, -0.25) is 9.59 Å². The Morgan fingerprint density at radius 1 is 1.24 bits per heavy atom. The van der Waals surface area contributed by atoms with Crippen LogP contribution in [0.4, 0.5) is 5.69 Å². The molecule has 2 amide bonds. The highest BCUT2D eigenvalue weighted by Gasteiger charge is 2.38. The van der Waals surface area contributed by atoms with E-state index in [1.54, 1.807) is 17.0 Å². The summed E-state index contributed by atoms with van der Waals surface area (Å²) in [4.78, 5) is 25.8. The number of ether oxygens (including phenoxy) is 1. The van der Waals surface area contributed by atoms with Crippen molar-refractivity contribution in [3.05, 3.63) is 24.3 Å². The molecule has 1 aromatic carbocycles. The van der Waals surface area contributed by atoms with Crippen LogP contribution in [0.25, 0.3) is 0 Å². The molecule has 1 fully saturated rings. The van der Waals surface area contributed by atoms with Gasteiger partial charge in [0.15, 0.2) is 6.10 Å². The van der Waals surface area contributed by atoms with Crippen molar-refractivity contribution in [1.82, 2.24) is 0 Å². The Morgan fingerprint density at radius 3 is 2.67 bits per heavy atom. The first-order valence-electron chi connectivity index (χ1n) is 7.20. The number of carbonyl (C=O) groups is 2. The molecule has 3 unspecified atom stereocenters. The number of hydrogen-bond donors (Lipinski definition) is 2. The fourth-order valence-electron chi connectivity index (χ4n) is 3.09. The Labute approximate surface area is 123 Å². The second kappa shape index (κ2) is 5.37. The van der Waals surface area contributed by atoms with Crippen molar-refractivity contribution in [2.45, 2.75) is 31.4 Å². The molecule has 0 saturated heterocycles. The highest BCUT2D eigenvalue weighted by atomic mass is 16.5. The summed E-state index contributed by atoms with van der Waals surface area (Å²) in [7, 11) is 0. The van der Waals surface area contributed by atoms with E-state index >= 15 is 0 Å². The molecular formula is C15H19N3O3. The Hall–Kier alpha value is -2.08. The van der Waals surface area contributed by atoms with Crippen molar-refractivity contribution < 1.29 is 14.3 Å². The SMILES string of the molecule is NC(=O)C1CN(C(=O)C2CCCC2N)c2ccccc2O1. The molecule has 2 aliphatic rings. The normalized spacial score (nSPS) is 27.9. The van der Waals surface area contributed by atoms with Gasteiger partial charge in [-0.1, -0.05) is 18.6 Å². The Morgan fingerprint density at radius 2 is 2.00 bits per heavy atom. The molecule has 1 aromatic rings. The second-order valence-electron chi connectivity index (χ2n) is 5.63. The van der Waals surface area contributed by atoms with Crippen LogP contribution in [-0.2, 0) is 9.59 Å². The third kappa shape index (κ3) is 2.47. The maximum Gasteiger partial charge on any atom is 0.260 e. The van der Waals surface area contributed by atoms with E-state index in [0.717, 1.165) is 19.3 Å². The van der Waals surface area contributed by atoms with Crippen molar-refractivity contribution in [3.63, 3.8) is 0 Å². The fraction of sp³-hybridized carbons (Fsp3) is 0.467. The quantitative estimate of drug-likeness (QED) is 0.823. The van der Waals surface area contributed by atoms with E-state index in [-0.39, 0.29) is 24.4 Å². The lowest BCUT2D eigenvalue weighted by Gasteiger charge is -2.35. The van der Waals surface area contributed by atoms with E-state index in [9.17, 15) is 9.59 Å². The molecule has 0 radical (unpaired) electrons. The monoisotopic (exact) mass is 289 g/mol. The third-order valence-electron chi connectivity index (χ3n) is 4.24. The van der Waals surface area contributed by atoms with Crippen LogP contribution in [-0.4, -0.2) is 30.5 Å². The highest BCUT2D eigenvalue weighted by Crippen LogP contribution is 2.36. The largest absolute Gasteiger partial charge is 0.477 e. The number of nitrogens with zero attached hydrogens (tertiary/aromatic N) is 1. The molecule has 0 aromatic heterocycles. The van der Waals surface area contributed by atoms with E-state index in [2.05, 4.69) is 0 Å². The molecule has 6 nitrogen and oxygen atoms in total. The summed E-state index contributed by atoms with van der Waals surface area (Å²) in [6, 6.07) is 7.07. The van der Waals surface area contributed by atoms with Crippen molar-refractivity contribution in [2.75, 3.05) is 11.4 Å². The van der Waals surface area contributed by atoms with E-state index in [0.29, 0.717) is 11.4 Å². The summed E-state index contributed by atoms with van der Waals surface area (Å²) < 4.78 is 5.56. The first-order valence-corrected chi connectivity index (χ1v) is 7.20. The number of rotatable bonds is 2. The highest BCUT2D eigenvalue weighted by molar-refractivity contribution is 5.98. The number of amides is 2. The smallest absolute Gasteiger partial charge is 0.260 e. The zero-order valence-corrected chi connectivity index (χ0v) is 11.7. The van der Waals surface area contributed by atoms with Gasteiger partial charge in [0, 0.05) is 6.04 Å². The third-order valence-corrected chi connectivity index (χ3v) is 4.24. The predicted octanol–water partition coefficient (Wildman–Crippen LogP) is 0.393. The minimum Gasteiger partial charge on any atom is -0.477 e. The van der Waals surface area contributed by atoms with Crippen molar-refractivity contribution in [1.29, 1.82) is 0 Å². The molecule has 0 bridgehead atoms. The van der Waals surface area contributed by atoms with Gasteiger partial charge in [-0.15, -0.1) is 0 Å². The van der Waals surface area contributed by atoms with E-state index in [1.807, 2.05) is 12.1 Å². The van der Waals surface area contributed by atoms with E-state index in [4.69, 9.17) is 16.2 Å². The average molecular weight is 289 g/mol. The minimum atomic E-state index is -0.818. The summed E-state index contributed by atoms with van der Waals surface area (Å²) in [5.41, 5.74) is 12.1. The van der Waals surface area contributed by atoms with Gasteiger partial charge in [-0.25, -0.2) is 0 Å². The van der Waals surface area contributed by atoms with Gasteiger partial charge < -0.3 is 21.1 Å². The van der Waals surface area contributed by atoms with Crippen LogP contribution >= 0.6 is 0 Å². The van der Waals surface area contributed by atoms with Gasteiger partial charge in [0.25, 0.3) is 5.91 Å². The van der Waals surface area contributed by atoms with Crippen molar-refractivity contribution >= 4 is 17.5 Å². The predicted molar refractivity (Wildman–Crippen MR) is 77.7 cm³/mol. The number of hydrogen-bond acceptors (Lipinski definition) is 4. The van der Waals surface area contributed by atoms with Gasteiger partial charge in [-0.2, -0.15) is 0 Å². The van der Waals surface area contributed by atoms with Crippen LogP contribution in [0.15, 0.2) is 24.3 Å². The minimum absolute atomic E-state index is 0.0398. The first kappa shape index (κ1) is 13.9. The zero-order valence-electron chi connectivity index (χ0n) is 11.7. The summed E-state index contributed by atoms with van der Waals surface area (Å²) in [5.74, 6) is -0.294. The van der Waals surface area contributed by atoms with Crippen LogP contribution in [0.1, 0.15) is 19.3 Å². The fourth-order valence-corrected chi connectivity index (χ4v) is 3.09. The van der Waals surface area contributed by atoms with Crippen LogP contribution in [0, 0.1) is 5.92 Å². The average Bonchev–Trinajstić information content (AvgIpc) is 2.91. The number of benzene rings is 1. The van der Waals surface area contributed by atoms with Gasteiger partial charge in [-0.05, 0) is 25.0 Å². The van der Waals surface area contributed by atoms with E-state index < -0.39 is 12.0 Å². The maximum absolute atomic E-state index is 12.8. The lowest BCUT2D eigenvalue weighted by molar-refractivity contribution is -0.126.